The highest BCUT2D eigenvalue weighted by Crippen LogP contribution is 2.29. The summed E-state index contributed by atoms with van der Waals surface area (Å²) in [6, 6.07) is 12.6. The molecule has 3 rings (SSSR count). The zero-order valence-corrected chi connectivity index (χ0v) is 19.0. The first-order valence-corrected chi connectivity index (χ1v) is 11.5. The van der Waals surface area contributed by atoms with Crippen molar-refractivity contribution in [2.24, 2.45) is 10.9 Å². The molecule has 0 bridgehead atoms. The van der Waals surface area contributed by atoms with E-state index in [1.54, 1.807) is 7.05 Å². The Hall–Kier alpha value is -2.38. The monoisotopic (exact) mass is 427 g/mol. The number of benzene rings is 1. The second-order valence-corrected chi connectivity index (χ2v) is 8.92. The molecule has 0 radical (unpaired) electrons. The van der Waals surface area contributed by atoms with Crippen LogP contribution >= 0.6 is 11.3 Å². The highest BCUT2D eigenvalue weighted by Gasteiger charge is 2.25. The standard InChI is InChI=1S/C23H33N5OS/c1-17-9-11-28(12-10-17)21(22-8-5-13-30-22)16-26-23(24-3)25-15-19-6-4-7-20(14-19)27-18(2)29/h4-8,13-14,17,21H,9-12,15-16H2,1-3H3,(H,27,29)(H2,24,25,26). The van der Waals surface area contributed by atoms with Gasteiger partial charge in [-0.3, -0.25) is 14.7 Å². The van der Waals surface area contributed by atoms with E-state index in [0.717, 1.165) is 42.8 Å². The van der Waals surface area contributed by atoms with Crippen LogP contribution in [0.15, 0.2) is 46.8 Å². The van der Waals surface area contributed by atoms with Crippen LogP contribution in [0.4, 0.5) is 5.69 Å². The first kappa shape index (κ1) is 22.3. The molecule has 1 aliphatic rings. The Morgan fingerprint density at radius 2 is 2.03 bits per heavy atom. The molecule has 3 N–H and O–H groups in total. The highest BCUT2D eigenvalue weighted by molar-refractivity contribution is 7.10. The lowest BCUT2D eigenvalue weighted by Gasteiger charge is -2.36. The average Bonchev–Trinajstić information content (AvgIpc) is 3.26. The van der Waals surface area contributed by atoms with Gasteiger partial charge in [-0.1, -0.05) is 25.1 Å². The van der Waals surface area contributed by atoms with E-state index in [4.69, 9.17) is 0 Å². The topological polar surface area (TPSA) is 68.8 Å². The Morgan fingerprint density at radius 3 is 2.70 bits per heavy atom. The van der Waals surface area contributed by atoms with E-state index in [1.807, 2.05) is 35.6 Å². The van der Waals surface area contributed by atoms with Crippen molar-refractivity contribution >= 4 is 28.9 Å². The molecule has 2 aromatic rings. The van der Waals surface area contributed by atoms with Crippen LogP contribution in [-0.4, -0.2) is 43.4 Å². The van der Waals surface area contributed by atoms with E-state index < -0.39 is 0 Å². The number of hydrogen-bond donors (Lipinski definition) is 3. The number of nitrogens with one attached hydrogen (secondary N) is 3. The molecule has 0 spiro atoms. The van der Waals surface area contributed by atoms with Gasteiger partial charge in [0.15, 0.2) is 5.96 Å². The van der Waals surface area contributed by atoms with Gasteiger partial charge in [-0.15, -0.1) is 11.3 Å². The molecule has 162 valence electrons. The lowest BCUT2D eigenvalue weighted by molar-refractivity contribution is -0.114. The third kappa shape index (κ3) is 6.57. The lowest BCUT2D eigenvalue weighted by atomic mass is 9.97. The van der Waals surface area contributed by atoms with Crippen molar-refractivity contribution in [2.75, 3.05) is 32.0 Å². The fraction of sp³-hybridized carbons (Fsp3) is 0.478. The van der Waals surface area contributed by atoms with E-state index in [9.17, 15) is 4.79 Å². The molecule has 1 amide bonds. The Bertz CT molecular complexity index is 828. The summed E-state index contributed by atoms with van der Waals surface area (Å²) in [5.74, 6) is 1.54. The number of rotatable bonds is 7. The highest BCUT2D eigenvalue weighted by atomic mass is 32.1. The van der Waals surface area contributed by atoms with E-state index in [0.29, 0.717) is 12.6 Å². The summed E-state index contributed by atoms with van der Waals surface area (Å²) in [6.07, 6.45) is 2.53. The second kappa shape index (κ2) is 11.1. The summed E-state index contributed by atoms with van der Waals surface area (Å²) in [7, 11) is 1.80. The van der Waals surface area contributed by atoms with E-state index in [1.165, 1.54) is 24.6 Å². The molecule has 1 aliphatic heterocycles. The van der Waals surface area contributed by atoms with E-state index in [2.05, 4.69) is 50.3 Å². The van der Waals surface area contributed by atoms with Crippen molar-refractivity contribution in [3.63, 3.8) is 0 Å². The fourth-order valence-electron chi connectivity index (χ4n) is 3.79. The van der Waals surface area contributed by atoms with Crippen LogP contribution in [0.3, 0.4) is 0 Å². The second-order valence-electron chi connectivity index (χ2n) is 7.94. The first-order chi connectivity index (χ1) is 14.5. The Balaban J connectivity index is 1.57. The number of guanidine groups is 1. The number of carbonyl (C=O) groups excluding carboxylic acids is 1. The Morgan fingerprint density at radius 1 is 1.23 bits per heavy atom. The number of carbonyl (C=O) groups is 1. The third-order valence-electron chi connectivity index (χ3n) is 5.52. The summed E-state index contributed by atoms with van der Waals surface area (Å²) in [4.78, 5) is 19.7. The van der Waals surface area contributed by atoms with Crippen molar-refractivity contribution < 1.29 is 4.79 Å². The van der Waals surface area contributed by atoms with Crippen molar-refractivity contribution in [3.05, 3.63) is 52.2 Å². The molecular weight excluding hydrogens is 394 g/mol. The van der Waals surface area contributed by atoms with Crippen molar-refractivity contribution in [1.29, 1.82) is 0 Å². The molecule has 30 heavy (non-hydrogen) atoms. The van der Waals surface area contributed by atoms with Crippen molar-refractivity contribution in [2.45, 2.75) is 39.3 Å². The molecule has 1 fully saturated rings. The van der Waals surface area contributed by atoms with Gasteiger partial charge in [-0.05, 0) is 61.0 Å². The number of anilines is 1. The minimum absolute atomic E-state index is 0.0655. The van der Waals surface area contributed by atoms with Crippen molar-refractivity contribution in [1.82, 2.24) is 15.5 Å². The molecule has 2 heterocycles. The molecule has 1 unspecified atom stereocenters. The molecule has 1 saturated heterocycles. The molecule has 6 nitrogen and oxygen atoms in total. The number of amides is 1. The molecule has 0 aliphatic carbocycles. The number of piperidine rings is 1. The largest absolute Gasteiger partial charge is 0.354 e. The summed E-state index contributed by atoms with van der Waals surface area (Å²) in [5.41, 5.74) is 1.89. The van der Waals surface area contributed by atoms with Crippen LogP contribution in [-0.2, 0) is 11.3 Å². The molecular formula is C23H33N5OS. The number of nitrogens with zero attached hydrogens (tertiary/aromatic N) is 2. The normalized spacial score (nSPS) is 16.8. The molecule has 1 aromatic heterocycles. The van der Waals surface area contributed by atoms with Gasteiger partial charge in [0.1, 0.15) is 0 Å². The van der Waals surface area contributed by atoms with Gasteiger partial charge in [0, 0.05) is 37.6 Å². The lowest BCUT2D eigenvalue weighted by Crippen LogP contribution is -2.44. The maximum Gasteiger partial charge on any atom is 0.221 e. The predicted octanol–water partition coefficient (Wildman–Crippen LogP) is 3.84. The fourth-order valence-corrected chi connectivity index (χ4v) is 4.65. The number of thiophene rings is 1. The van der Waals surface area contributed by atoms with Crippen molar-refractivity contribution in [3.8, 4) is 0 Å². The van der Waals surface area contributed by atoms with Gasteiger partial charge >= 0.3 is 0 Å². The maximum atomic E-state index is 11.3. The van der Waals surface area contributed by atoms with Crippen LogP contribution in [0.25, 0.3) is 0 Å². The molecule has 1 aromatic carbocycles. The smallest absolute Gasteiger partial charge is 0.221 e. The van der Waals surface area contributed by atoms with Gasteiger partial charge in [-0.2, -0.15) is 0 Å². The van der Waals surface area contributed by atoms with Gasteiger partial charge in [0.25, 0.3) is 0 Å². The predicted molar refractivity (Wildman–Crippen MR) is 126 cm³/mol. The summed E-state index contributed by atoms with van der Waals surface area (Å²) in [6.45, 7) is 7.62. The summed E-state index contributed by atoms with van der Waals surface area (Å²) < 4.78 is 0. The van der Waals surface area contributed by atoms with E-state index in [-0.39, 0.29) is 5.91 Å². The SMILES string of the molecule is CN=C(NCc1cccc(NC(C)=O)c1)NCC(c1cccs1)N1CCC(C)CC1. The van der Waals surface area contributed by atoms with Crippen LogP contribution < -0.4 is 16.0 Å². The van der Waals surface area contributed by atoms with Gasteiger partial charge in [0.2, 0.25) is 5.91 Å². The average molecular weight is 428 g/mol. The number of likely N-dealkylation sites (tertiary alicyclic amines) is 1. The van der Waals surface area contributed by atoms with E-state index >= 15 is 0 Å². The number of hydrogen-bond acceptors (Lipinski definition) is 4. The van der Waals surface area contributed by atoms with Gasteiger partial charge in [0.05, 0.1) is 6.04 Å². The minimum atomic E-state index is -0.0655. The van der Waals surface area contributed by atoms with Crippen LogP contribution in [0.1, 0.15) is 43.2 Å². The minimum Gasteiger partial charge on any atom is -0.354 e. The third-order valence-corrected chi connectivity index (χ3v) is 6.50. The maximum absolute atomic E-state index is 11.3. The molecule has 0 saturated carbocycles. The quantitative estimate of drug-likeness (QED) is 0.464. The molecule has 7 heteroatoms. The Kier molecular flexibility index (Phi) is 8.28. The van der Waals surface area contributed by atoms with Crippen LogP contribution in [0.5, 0.6) is 0 Å². The first-order valence-electron chi connectivity index (χ1n) is 10.6. The number of aliphatic imine (C=N–C) groups is 1. The van der Waals surface area contributed by atoms with Gasteiger partial charge in [-0.25, -0.2) is 0 Å². The van der Waals surface area contributed by atoms with Crippen LogP contribution in [0.2, 0.25) is 0 Å². The summed E-state index contributed by atoms with van der Waals surface area (Å²) >= 11 is 1.82. The zero-order chi connectivity index (χ0) is 21.3. The van der Waals surface area contributed by atoms with Crippen LogP contribution in [0, 0.1) is 5.92 Å². The summed E-state index contributed by atoms with van der Waals surface area (Å²) in [5, 5.41) is 11.9. The zero-order valence-electron chi connectivity index (χ0n) is 18.1. The Labute approximate surface area is 183 Å². The molecule has 1 atom stereocenters. The van der Waals surface area contributed by atoms with Gasteiger partial charge < -0.3 is 16.0 Å².